The first kappa shape index (κ1) is 20.7. The summed E-state index contributed by atoms with van der Waals surface area (Å²) in [5.41, 5.74) is 1.66. The molecule has 0 saturated carbocycles. The first-order chi connectivity index (χ1) is 13.3. The zero-order valence-corrected chi connectivity index (χ0v) is 18.0. The van der Waals surface area contributed by atoms with E-state index in [1.807, 2.05) is 48.7 Å². The van der Waals surface area contributed by atoms with E-state index in [0.717, 1.165) is 21.3 Å². The zero-order valence-electron chi connectivity index (χ0n) is 15.6. The van der Waals surface area contributed by atoms with Crippen molar-refractivity contribution in [2.75, 3.05) is 0 Å². The Hall–Kier alpha value is -2.02. The van der Waals surface area contributed by atoms with Gasteiger partial charge in [0.1, 0.15) is 5.03 Å². The number of pyridine rings is 1. The second-order valence-electron chi connectivity index (χ2n) is 6.45. The van der Waals surface area contributed by atoms with Gasteiger partial charge in [0.05, 0.1) is 17.9 Å². The second kappa shape index (κ2) is 8.99. The predicted molar refractivity (Wildman–Crippen MR) is 112 cm³/mol. The van der Waals surface area contributed by atoms with E-state index in [4.69, 9.17) is 27.9 Å². The van der Waals surface area contributed by atoms with Crippen molar-refractivity contribution in [3.8, 4) is 6.01 Å². The Bertz CT molecular complexity index is 970. The van der Waals surface area contributed by atoms with Crippen molar-refractivity contribution in [1.82, 2.24) is 14.5 Å². The SMILES string of the molecule is CC(=O)Oc1nc(C(C)C)c(Sc2cc(Cl)cc(Cl)c2)n1Cc1ccccn1. The third-order valence-corrected chi connectivity index (χ3v) is 5.32. The highest BCUT2D eigenvalue weighted by Crippen LogP contribution is 2.39. The summed E-state index contributed by atoms with van der Waals surface area (Å²) in [6.07, 6.45) is 1.73. The third kappa shape index (κ3) is 5.07. The standard InChI is InChI=1S/C20H19Cl2N3O2S/c1-12(2)18-19(28-17-9-14(21)8-15(22)10-17)25(20(24-18)27-13(3)26)11-16-6-4-5-7-23-16/h4-10,12H,11H2,1-3H3. The first-order valence-electron chi connectivity index (χ1n) is 8.66. The monoisotopic (exact) mass is 435 g/mol. The molecule has 0 aliphatic rings. The van der Waals surface area contributed by atoms with Gasteiger partial charge in [0, 0.05) is 28.1 Å². The van der Waals surface area contributed by atoms with E-state index >= 15 is 0 Å². The maximum absolute atomic E-state index is 11.6. The lowest BCUT2D eigenvalue weighted by molar-refractivity contribution is -0.132. The molecule has 28 heavy (non-hydrogen) atoms. The minimum absolute atomic E-state index is 0.122. The smallest absolute Gasteiger partial charge is 0.310 e. The number of ether oxygens (including phenoxy) is 1. The molecule has 0 saturated heterocycles. The van der Waals surface area contributed by atoms with Gasteiger partial charge in [0.15, 0.2) is 0 Å². The van der Waals surface area contributed by atoms with Gasteiger partial charge >= 0.3 is 12.0 Å². The van der Waals surface area contributed by atoms with Crippen LogP contribution < -0.4 is 4.74 Å². The number of carbonyl (C=O) groups is 1. The normalized spacial score (nSPS) is 11.1. The molecular formula is C20H19Cl2N3O2S. The summed E-state index contributed by atoms with van der Waals surface area (Å²) >= 11 is 13.8. The molecule has 5 nitrogen and oxygen atoms in total. The maximum Gasteiger partial charge on any atom is 0.310 e. The van der Waals surface area contributed by atoms with Crippen LogP contribution in [0.5, 0.6) is 6.01 Å². The number of esters is 1. The minimum Gasteiger partial charge on any atom is -0.392 e. The van der Waals surface area contributed by atoms with Crippen LogP contribution >= 0.6 is 35.0 Å². The lowest BCUT2D eigenvalue weighted by Crippen LogP contribution is -2.10. The Morgan fingerprint density at radius 1 is 1.21 bits per heavy atom. The largest absolute Gasteiger partial charge is 0.392 e. The Morgan fingerprint density at radius 2 is 1.93 bits per heavy atom. The molecule has 0 aliphatic carbocycles. The van der Waals surface area contributed by atoms with Gasteiger partial charge in [0.25, 0.3) is 0 Å². The van der Waals surface area contributed by atoms with Crippen LogP contribution in [0.4, 0.5) is 0 Å². The zero-order chi connectivity index (χ0) is 20.3. The Balaban J connectivity index is 2.11. The summed E-state index contributed by atoms with van der Waals surface area (Å²) in [4.78, 5) is 21.5. The summed E-state index contributed by atoms with van der Waals surface area (Å²) in [6, 6.07) is 11.3. The van der Waals surface area contributed by atoms with Crippen LogP contribution in [0, 0.1) is 0 Å². The molecule has 0 amide bonds. The van der Waals surface area contributed by atoms with Gasteiger partial charge < -0.3 is 4.74 Å². The molecule has 2 aromatic heterocycles. The van der Waals surface area contributed by atoms with E-state index in [1.165, 1.54) is 18.7 Å². The Kier molecular flexibility index (Phi) is 6.65. The number of aromatic nitrogens is 3. The van der Waals surface area contributed by atoms with Crippen molar-refractivity contribution in [3.63, 3.8) is 0 Å². The van der Waals surface area contributed by atoms with Crippen LogP contribution in [0.2, 0.25) is 10.0 Å². The van der Waals surface area contributed by atoms with Crippen molar-refractivity contribution in [1.29, 1.82) is 0 Å². The molecular weight excluding hydrogens is 417 g/mol. The summed E-state index contributed by atoms with van der Waals surface area (Å²) in [5.74, 6) is -0.304. The molecule has 0 aliphatic heterocycles. The van der Waals surface area contributed by atoms with Gasteiger partial charge in [-0.05, 0) is 36.2 Å². The van der Waals surface area contributed by atoms with Crippen molar-refractivity contribution < 1.29 is 9.53 Å². The van der Waals surface area contributed by atoms with E-state index in [-0.39, 0.29) is 11.9 Å². The van der Waals surface area contributed by atoms with E-state index in [0.29, 0.717) is 16.6 Å². The molecule has 1 aromatic carbocycles. The number of halogens is 2. The fraction of sp³-hybridized carbons (Fsp3) is 0.250. The molecule has 2 heterocycles. The van der Waals surface area contributed by atoms with E-state index in [1.54, 1.807) is 12.3 Å². The third-order valence-electron chi connectivity index (χ3n) is 3.79. The minimum atomic E-state index is -0.426. The predicted octanol–water partition coefficient (Wildman–Crippen LogP) is 5.83. The molecule has 146 valence electrons. The van der Waals surface area contributed by atoms with Gasteiger partial charge in [-0.3, -0.25) is 14.3 Å². The summed E-state index contributed by atoms with van der Waals surface area (Å²) in [6.45, 7) is 5.86. The van der Waals surface area contributed by atoms with Crippen molar-refractivity contribution >= 4 is 40.9 Å². The fourth-order valence-electron chi connectivity index (χ4n) is 2.62. The van der Waals surface area contributed by atoms with Crippen molar-refractivity contribution in [2.24, 2.45) is 0 Å². The molecule has 0 N–H and O–H groups in total. The number of imidazole rings is 1. The van der Waals surface area contributed by atoms with Crippen LogP contribution in [-0.4, -0.2) is 20.5 Å². The second-order valence-corrected chi connectivity index (χ2v) is 8.38. The molecule has 8 heteroatoms. The van der Waals surface area contributed by atoms with E-state index in [2.05, 4.69) is 9.97 Å². The molecule has 0 fully saturated rings. The average Bonchev–Trinajstić information content (AvgIpc) is 2.92. The molecule has 0 spiro atoms. The van der Waals surface area contributed by atoms with E-state index < -0.39 is 5.97 Å². The molecule has 0 radical (unpaired) electrons. The highest BCUT2D eigenvalue weighted by Gasteiger charge is 2.23. The summed E-state index contributed by atoms with van der Waals surface area (Å²) in [5, 5.41) is 1.96. The lowest BCUT2D eigenvalue weighted by Gasteiger charge is -2.12. The van der Waals surface area contributed by atoms with Gasteiger partial charge in [0.2, 0.25) is 0 Å². The van der Waals surface area contributed by atoms with Gasteiger partial charge in [-0.2, -0.15) is 4.98 Å². The number of rotatable bonds is 6. The van der Waals surface area contributed by atoms with Crippen LogP contribution in [0.1, 0.15) is 38.1 Å². The average molecular weight is 436 g/mol. The van der Waals surface area contributed by atoms with Crippen molar-refractivity contribution in [3.05, 3.63) is 64.0 Å². The number of carbonyl (C=O) groups excluding carboxylic acids is 1. The summed E-state index contributed by atoms with van der Waals surface area (Å²) in [7, 11) is 0. The number of hydrogen-bond donors (Lipinski definition) is 0. The van der Waals surface area contributed by atoms with Gasteiger partial charge in [-0.15, -0.1) is 0 Å². The van der Waals surface area contributed by atoms with E-state index in [9.17, 15) is 4.79 Å². The van der Waals surface area contributed by atoms with Gasteiger partial charge in [-0.25, -0.2) is 0 Å². The van der Waals surface area contributed by atoms with Crippen LogP contribution in [0.3, 0.4) is 0 Å². The number of benzene rings is 1. The highest BCUT2D eigenvalue weighted by atomic mass is 35.5. The van der Waals surface area contributed by atoms with Gasteiger partial charge in [-0.1, -0.05) is 54.9 Å². The Labute approximate surface area is 178 Å². The van der Waals surface area contributed by atoms with Crippen LogP contribution in [0.25, 0.3) is 0 Å². The van der Waals surface area contributed by atoms with Crippen LogP contribution in [-0.2, 0) is 11.3 Å². The fourth-order valence-corrected chi connectivity index (χ4v) is 4.51. The molecule has 3 rings (SSSR count). The quantitative estimate of drug-likeness (QED) is 0.455. The topological polar surface area (TPSA) is 57.0 Å². The number of nitrogens with zero attached hydrogens (tertiary/aromatic N) is 3. The molecule has 3 aromatic rings. The maximum atomic E-state index is 11.6. The number of hydrogen-bond acceptors (Lipinski definition) is 5. The van der Waals surface area contributed by atoms with Crippen LogP contribution in [0.15, 0.2) is 52.5 Å². The summed E-state index contributed by atoms with van der Waals surface area (Å²) < 4.78 is 7.25. The Morgan fingerprint density at radius 3 is 2.50 bits per heavy atom. The van der Waals surface area contributed by atoms with Crippen molar-refractivity contribution in [2.45, 2.75) is 43.2 Å². The first-order valence-corrected chi connectivity index (χ1v) is 10.2. The molecule has 0 bridgehead atoms. The molecule has 0 atom stereocenters. The molecule has 0 unspecified atom stereocenters. The lowest BCUT2D eigenvalue weighted by atomic mass is 10.1. The highest BCUT2D eigenvalue weighted by molar-refractivity contribution is 7.99.